The molecule has 0 atom stereocenters. The molecule has 1 aromatic heterocycles. The first kappa shape index (κ1) is 25.8. The smallest absolute Gasteiger partial charge is 0.349 e. The monoisotopic (exact) mass is 452 g/mol. The van der Waals surface area contributed by atoms with Crippen LogP contribution in [0.3, 0.4) is 0 Å². The zero-order valence-electron chi connectivity index (χ0n) is 18.8. The summed E-state index contributed by atoms with van der Waals surface area (Å²) in [6, 6.07) is 1.89. The second-order valence-corrected chi connectivity index (χ2v) is 8.03. The van der Waals surface area contributed by atoms with Gasteiger partial charge in [-0.25, -0.2) is 9.18 Å². The topological polar surface area (TPSA) is 91.6 Å². The van der Waals surface area contributed by atoms with E-state index >= 15 is 0 Å². The maximum Gasteiger partial charge on any atom is 0.349 e. The summed E-state index contributed by atoms with van der Waals surface area (Å²) in [5.41, 5.74) is -1.95. The molecule has 0 radical (unpaired) electrons. The van der Waals surface area contributed by atoms with Crippen molar-refractivity contribution in [2.75, 3.05) is 19.6 Å². The predicted octanol–water partition coefficient (Wildman–Crippen LogP) is 5.02. The molecule has 1 amide bonds. The molecule has 2 aromatic rings. The molecule has 1 aromatic carbocycles. The van der Waals surface area contributed by atoms with Crippen LogP contribution in [0.1, 0.15) is 81.5 Å². The van der Waals surface area contributed by atoms with Crippen LogP contribution < -0.4 is 16.3 Å². The van der Waals surface area contributed by atoms with Crippen LogP contribution in [0.15, 0.2) is 21.3 Å². The van der Waals surface area contributed by atoms with Crippen LogP contribution in [0.2, 0.25) is 0 Å². The van der Waals surface area contributed by atoms with Gasteiger partial charge in [-0.05, 0) is 38.1 Å². The highest BCUT2D eigenvalue weighted by atomic mass is 19.1. The van der Waals surface area contributed by atoms with E-state index in [-0.39, 0.29) is 10.9 Å². The van der Waals surface area contributed by atoms with E-state index < -0.39 is 34.5 Å². The Morgan fingerprint density at radius 3 is 2.09 bits per heavy atom. The van der Waals surface area contributed by atoms with E-state index in [0.717, 1.165) is 44.5 Å². The van der Waals surface area contributed by atoms with Crippen LogP contribution >= 0.6 is 0 Å². The highest BCUT2D eigenvalue weighted by Gasteiger charge is 2.19. The first-order valence-electron chi connectivity index (χ1n) is 11.6. The largest absolute Gasteiger partial charge is 0.503 e. The van der Waals surface area contributed by atoms with Crippen molar-refractivity contribution >= 4 is 16.9 Å². The average molecular weight is 453 g/mol. The Morgan fingerprint density at radius 2 is 1.50 bits per heavy atom. The molecule has 0 aliphatic carbocycles. The SMILES string of the molecule is CCNCCCCCCCCCCCCNC(=O)c1cc2cc(F)c(O)c(F)c2oc1=O. The van der Waals surface area contributed by atoms with Crippen LogP contribution in [0, 0.1) is 11.6 Å². The molecule has 1 heterocycles. The lowest BCUT2D eigenvalue weighted by Gasteiger charge is -2.07. The van der Waals surface area contributed by atoms with Crippen molar-refractivity contribution < 1.29 is 23.1 Å². The fourth-order valence-electron chi connectivity index (χ4n) is 3.60. The second-order valence-electron chi connectivity index (χ2n) is 8.03. The summed E-state index contributed by atoms with van der Waals surface area (Å²) >= 11 is 0. The van der Waals surface area contributed by atoms with Gasteiger partial charge in [0, 0.05) is 11.9 Å². The van der Waals surface area contributed by atoms with Crippen LogP contribution in [0.25, 0.3) is 11.0 Å². The minimum absolute atomic E-state index is 0.111. The minimum Gasteiger partial charge on any atom is -0.503 e. The summed E-state index contributed by atoms with van der Waals surface area (Å²) < 4.78 is 32.1. The third kappa shape index (κ3) is 7.89. The molecule has 178 valence electrons. The Balaban J connectivity index is 1.63. The summed E-state index contributed by atoms with van der Waals surface area (Å²) in [4.78, 5) is 24.3. The molecule has 32 heavy (non-hydrogen) atoms. The Bertz CT molecular complexity index is 930. The molecule has 0 bridgehead atoms. The van der Waals surface area contributed by atoms with Crippen LogP contribution in [-0.2, 0) is 0 Å². The molecule has 0 spiro atoms. The maximum absolute atomic E-state index is 13.8. The summed E-state index contributed by atoms with van der Waals surface area (Å²) in [5.74, 6) is -4.44. The molecular weight excluding hydrogens is 418 g/mol. The number of phenols is 1. The first-order chi connectivity index (χ1) is 15.5. The minimum atomic E-state index is -1.37. The van der Waals surface area contributed by atoms with Gasteiger partial charge in [-0.1, -0.05) is 58.3 Å². The van der Waals surface area contributed by atoms with Gasteiger partial charge in [0.15, 0.2) is 17.1 Å². The number of halogens is 2. The summed E-state index contributed by atoms with van der Waals surface area (Å²) in [7, 11) is 0. The standard InChI is InChI=1S/C24H34F2N2O4/c1-2-27-13-11-9-7-5-3-4-6-8-10-12-14-28-23(30)18-15-17-16-19(25)21(29)20(26)22(17)32-24(18)31/h15-16,27,29H,2-14H2,1H3,(H,28,30). The zero-order chi connectivity index (χ0) is 23.3. The molecular formula is C24H34F2N2O4. The van der Waals surface area contributed by atoms with Gasteiger partial charge in [0.2, 0.25) is 5.82 Å². The lowest BCUT2D eigenvalue weighted by Crippen LogP contribution is -2.29. The number of hydrogen-bond donors (Lipinski definition) is 3. The van der Waals surface area contributed by atoms with E-state index in [1.165, 1.54) is 44.9 Å². The normalized spacial score (nSPS) is 11.2. The fourth-order valence-corrected chi connectivity index (χ4v) is 3.60. The van der Waals surface area contributed by atoms with Gasteiger partial charge in [0.25, 0.3) is 5.91 Å². The number of benzene rings is 1. The van der Waals surface area contributed by atoms with Gasteiger partial charge >= 0.3 is 5.63 Å². The average Bonchev–Trinajstić information content (AvgIpc) is 2.78. The van der Waals surface area contributed by atoms with Gasteiger partial charge in [-0.2, -0.15) is 4.39 Å². The number of amides is 1. The molecule has 6 nitrogen and oxygen atoms in total. The van der Waals surface area contributed by atoms with Gasteiger partial charge in [0.1, 0.15) is 5.56 Å². The third-order valence-corrected chi connectivity index (χ3v) is 5.45. The number of carbonyl (C=O) groups excluding carboxylic acids is 1. The van der Waals surface area contributed by atoms with Gasteiger partial charge in [0.05, 0.1) is 0 Å². The van der Waals surface area contributed by atoms with Crippen molar-refractivity contribution in [3.05, 3.63) is 39.8 Å². The third-order valence-electron chi connectivity index (χ3n) is 5.45. The lowest BCUT2D eigenvalue weighted by molar-refractivity contribution is 0.0949. The van der Waals surface area contributed by atoms with Gasteiger partial charge in [-0.15, -0.1) is 0 Å². The van der Waals surface area contributed by atoms with E-state index in [1.807, 2.05) is 0 Å². The molecule has 0 aliphatic rings. The molecule has 0 fully saturated rings. The van der Waals surface area contributed by atoms with Crippen LogP contribution in [0.5, 0.6) is 5.75 Å². The Labute approximate surface area is 187 Å². The molecule has 2 rings (SSSR count). The lowest BCUT2D eigenvalue weighted by atomic mass is 10.1. The van der Waals surface area contributed by atoms with Crippen molar-refractivity contribution in [3.63, 3.8) is 0 Å². The molecule has 8 heteroatoms. The van der Waals surface area contributed by atoms with Crippen molar-refractivity contribution in [2.45, 2.75) is 71.1 Å². The fraction of sp³-hybridized carbons (Fsp3) is 0.583. The van der Waals surface area contributed by atoms with Crippen molar-refractivity contribution in [3.8, 4) is 5.75 Å². The Hall–Kier alpha value is -2.48. The quantitative estimate of drug-likeness (QED) is 0.261. The van der Waals surface area contributed by atoms with Crippen molar-refractivity contribution in [2.24, 2.45) is 0 Å². The van der Waals surface area contributed by atoms with E-state index in [2.05, 4.69) is 17.6 Å². The maximum atomic E-state index is 13.8. The number of hydrogen-bond acceptors (Lipinski definition) is 5. The number of rotatable bonds is 15. The van der Waals surface area contributed by atoms with E-state index in [4.69, 9.17) is 4.42 Å². The van der Waals surface area contributed by atoms with Gasteiger partial charge < -0.3 is 20.2 Å². The van der Waals surface area contributed by atoms with E-state index in [9.17, 15) is 23.5 Å². The highest BCUT2D eigenvalue weighted by Crippen LogP contribution is 2.28. The Kier molecular flexibility index (Phi) is 11.1. The first-order valence-corrected chi connectivity index (χ1v) is 11.6. The number of phenolic OH excluding ortho intramolecular Hbond substituents is 1. The number of unbranched alkanes of at least 4 members (excludes halogenated alkanes) is 9. The number of fused-ring (bicyclic) bond motifs is 1. The summed E-state index contributed by atoms with van der Waals surface area (Å²) in [6.07, 6.45) is 11.6. The second kappa shape index (κ2) is 13.8. The number of aromatic hydroxyl groups is 1. The molecule has 0 saturated carbocycles. The van der Waals surface area contributed by atoms with Gasteiger partial charge in [-0.3, -0.25) is 4.79 Å². The molecule has 0 aliphatic heterocycles. The van der Waals surface area contributed by atoms with E-state index in [1.54, 1.807) is 0 Å². The van der Waals surface area contributed by atoms with Crippen molar-refractivity contribution in [1.29, 1.82) is 0 Å². The molecule has 0 unspecified atom stereocenters. The summed E-state index contributed by atoms with van der Waals surface area (Å²) in [5, 5.41) is 15.1. The van der Waals surface area contributed by atoms with Crippen molar-refractivity contribution in [1.82, 2.24) is 10.6 Å². The van der Waals surface area contributed by atoms with E-state index in [0.29, 0.717) is 6.54 Å². The predicted molar refractivity (Wildman–Crippen MR) is 121 cm³/mol. The summed E-state index contributed by atoms with van der Waals surface area (Å²) in [6.45, 7) is 4.68. The number of carbonyl (C=O) groups is 1. The highest BCUT2D eigenvalue weighted by molar-refractivity contribution is 5.96. The molecule has 3 N–H and O–H groups in total. The van der Waals surface area contributed by atoms with Crippen LogP contribution in [0.4, 0.5) is 8.78 Å². The number of nitrogens with one attached hydrogen (secondary N) is 2. The zero-order valence-corrected chi connectivity index (χ0v) is 18.8. The molecule has 0 saturated heterocycles. The Morgan fingerprint density at radius 1 is 0.938 bits per heavy atom. The van der Waals surface area contributed by atoms with Crippen LogP contribution in [-0.4, -0.2) is 30.6 Å².